The van der Waals surface area contributed by atoms with Gasteiger partial charge in [0.2, 0.25) is 0 Å². The summed E-state index contributed by atoms with van der Waals surface area (Å²) >= 11 is 0. The number of piperidine rings is 1. The maximum Gasteiger partial charge on any atom is 0.411 e. The first-order chi connectivity index (χ1) is 13.1. The minimum Gasteiger partial charge on any atom is -0.446 e. The van der Waals surface area contributed by atoms with Gasteiger partial charge in [0.25, 0.3) is 0 Å². The van der Waals surface area contributed by atoms with Crippen LogP contribution in [0.2, 0.25) is 0 Å². The van der Waals surface area contributed by atoms with Crippen molar-refractivity contribution >= 4 is 11.8 Å². The molecule has 1 saturated heterocycles. The number of anilines is 1. The van der Waals surface area contributed by atoms with E-state index in [9.17, 15) is 10.0 Å². The van der Waals surface area contributed by atoms with Gasteiger partial charge in [0.15, 0.2) is 0 Å². The van der Waals surface area contributed by atoms with E-state index in [2.05, 4.69) is 22.6 Å². The number of amides is 1. The van der Waals surface area contributed by atoms with Crippen molar-refractivity contribution in [2.45, 2.75) is 76.6 Å². The zero-order valence-electron chi connectivity index (χ0n) is 17.2. The predicted molar refractivity (Wildman–Crippen MR) is 109 cm³/mol. The van der Waals surface area contributed by atoms with Gasteiger partial charge in [0.1, 0.15) is 6.10 Å². The number of hydrogen-bond acceptors (Lipinski definition) is 5. The Morgan fingerprint density at radius 2 is 2.00 bits per heavy atom. The van der Waals surface area contributed by atoms with E-state index in [0.29, 0.717) is 19.4 Å². The summed E-state index contributed by atoms with van der Waals surface area (Å²) in [5, 5.41) is 18.0. The van der Waals surface area contributed by atoms with Crippen LogP contribution in [-0.4, -0.2) is 40.1 Å². The molecule has 1 amide bonds. The molecule has 1 aromatic rings. The molecule has 0 spiro atoms. The summed E-state index contributed by atoms with van der Waals surface area (Å²) in [5.41, 5.74) is 2.26. The van der Waals surface area contributed by atoms with E-state index in [0.717, 1.165) is 18.5 Å². The molecule has 3 N–H and O–H groups in total. The number of hydroxylamine groups is 2. The van der Waals surface area contributed by atoms with Gasteiger partial charge >= 0.3 is 6.09 Å². The number of carbonyl (C=O) groups excluding carboxylic acids is 1. The second kappa shape index (κ2) is 7.75. The number of rotatable bonds is 4. The summed E-state index contributed by atoms with van der Waals surface area (Å²) < 4.78 is 5.70. The first-order valence-electron chi connectivity index (χ1n) is 9.89. The fourth-order valence-electron chi connectivity index (χ4n) is 4.64. The Labute approximate surface area is 167 Å². The molecule has 1 unspecified atom stereocenters. The summed E-state index contributed by atoms with van der Waals surface area (Å²) in [6, 6.07) is 6.19. The molecule has 0 aromatic heterocycles. The first-order valence-corrected chi connectivity index (χ1v) is 9.89. The lowest BCUT2D eigenvalue weighted by molar-refractivity contribution is -0.256. The third-order valence-electron chi connectivity index (χ3n) is 5.80. The SMILES string of the molecule is C#CCNC1CCc2ccc(NC(=O)OC3CC(C)(C)N(O)C(C)(C)C3)cc21. The monoisotopic (exact) mass is 385 g/mol. The van der Waals surface area contributed by atoms with Gasteiger partial charge in [-0.25, -0.2) is 4.79 Å². The van der Waals surface area contributed by atoms with E-state index in [-0.39, 0.29) is 12.1 Å². The quantitative estimate of drug-likeness (QED) is 0.687. The summed E-state index contributed by atoms with van der Waals surface area (Å²) in [5.74, 6) is 2.61. The Kier molecular flexibility index (Phi) is 5.72. The molecule has 28 heavy (non-hydrogen) atoms. The molecule has 1 aromatic carbocycles. The van der Waals surface area contributed by atoms with Gasteiger partial charge in [-0.3, -0.25) is 10.6 Å². The summed E-state index contributed by atoms with van der Waals surface area (Å²) in [6.07, 6.45) is 7.79. The number of terminal acetylenes is 1. The lowest BCUT2D eigenvalue weighted by Gasteiger charge is -2.50. The van der Waals surface area contributed by atoms with Crippen molar-refractivity contribution in [3.8, 4) is 12.3 Å². The fraction of sp³-hybridized carbons (Fsp3) is 0.591. The van der Waals surface area contributed by atoms with Crippen LogP contribution >= 0.6 is 0 Å². The number of hydrogen-bond donors (Lipinski definition) is 3. The van der Waals surface area contributed by atoms with E-state index < -0.39 is 17.2 Å². The second-order valence-corrected chi connectivity index (χ2v) is 9.09. The molecule has 3 rings (SSSR count). The Bertz CT molecular complexity index is 764. The number of fused-ring (bicyclic) bond motifs is 1. The van der Waals surface area contributed by atoms with E-state index in [1.807, 2.05) is 39.8 Å². The fourth-order valence-corrected chi connectivity index (χ4v) is 4.64. The number of benzene rings is 1. The summed E-state index contributed by atoms with van der Waals surface area (Å²) in [7, 11) is 0. The number of nitrogens with one attached hydrogen (secondary N) is 2. The zero-order chi connectivity index (χ0) is 20.5. The van der Waals surface area contributed by atoms with Crippen LogP contribution in [-0.2, 0) is 11.2 Å². The highest BCUT2D eigenvalue weighted by Gasteiger charge is 2.46. The smallest absolute Gasteiger partial charge is 0.411 e. The molecule has 1 aliphatic carbocycles. The average Bonchev–Trinajstić information content (AvgIpc) is 2.99. The lowest BCUT2D eigenvalue weighted by Crippen LogP contribution is -2.60. The lowest BCUT2D eigenvalue weighted by atomic mass is 9.80. The van der Waals surface area contributed by atoms with Gasteiger partial charge in [-0.1, -0.05) is 12.0 Å². The van der Waals surface area contributed by atoms with Crippen molar-refractivity contribution in [2.24, 2.45) is 0 Å². The Hall–Kier alpha value is -2.07. The molecule has 2 aliphatic rings. The van der Waals surface area contributed by atoms with E-state index in [4.69, 9.17) is 11.2 Å². The molecule has 0 saturated carbocycles. The van der Waals surface area contributed by atoms with E-state index >= 15 is 0 Å². The molecule has 1 heterocycles. The van der Waals surface area contributed by atoms with Gasteiger partial charge < -0.3 is 9.94 Å². The third-order valence-corrected chi connectivity index (χ3v) is 5.80. The highest BCUT2D eigenvalue weighted by atomic mass is 16.6. The van der Waals surface area contributed by atoms with Crippen LogP contribution in [0.15, 0.2) is 18.2 Å². The van der Waals surface area contributed by atoms with Crippen LogP contribution in [0.4, 0.5) is 10.5 Å². The van der Waals surface area contributed by atoms with E-state index in [1.54, 1.807) is 0 Å². The minimum atomic E-state index is -0.464. The van der Waals surface area contributed by atoms with Crippen molar-refractivity contribution in [3.63, 3.8) is 0 Å². The van der Waals surface area contributed by atoms with Gasteiger partial charge in [-0.2, -0.15) is 5.06 Å². The van der Waals surface area contributed by atoms with Crippen molar-refractivity contribution in [1.82, 2.24) is 10.4 Å². The summed E-state index contributed by atoms with van der Waals surface area (Å²) in [4.78, 5) is 12.5. The van der Waals surface area contributed by atoms with Gasteiger partial charge in [0.05, 0.1) is 6.54 Å². The molecule has 152 valence electrons. The van der Waals surface area contributed by atoms with Crippen LogP contribution in [0.25, 0.3) is 0 Å². The Morgan fingerprint density at radius 1 is 1.32 bits per heavy atom. The Morgan fingerprint density at radius 3 is 2.64 bits per heavy atom. The van der Waals surface area contributed by atoms with Gasteiger partial charge in [-0.15, -0.1) is 6.42 Å². The molecule has 0 radical (unpaired) electrons. The maximum atomic E-state index is 12.5. The normalized spacial score (nSPS) is 23.6. The van der Waals surface area contributed by atoms with Crippen LogP contribution < -0.4 is 10.6 Å². The number of ether oxygens (including phenoxy) is 1. The molecule has 6 nitrogen and oxygen atoms in total. The van der Waals surface area contributed by atoms with Crippen LogP contribution in [0.5, 0.6) is 0 Å². The molecule has 1 fully saturated rings. The standard InChI is InChI=1S/C22H31N3O3/c1-6-11-23-19-10-8-15-7-9-16(12-18(15)19)24-20(26)28-17-13-21(2,3)25(27)22(4,5)14-17/h1,7,9,12,17,19,23,27H,8,10-11,13-14H2,2-5H3,(H,24,26). The molecular formula is C22H31N3O3. The number of nitrogens with zero attached hydrogens (tertiary/aromatic N) is 1. The average molecular weight is 386 g/mol. The van der Waals surface area contributed by atoms with Gasteiger partial charge in [0, 0.05) is 35.6 Å². The molecule has 0 bridgehead atoms. The topological polar surface area (TPSA) is 73.8 Å². The summed E-state index contributed by atoms with van der Waals surface area (Å²) in [6.45, 7) is 8.33. The number of carbonyl (C=O) groups is 1. The molecule has 6 heteroatoms. The van der Waals surface area contributed by atoms with Crippen LogP contribution in [0.3, 0.4) is 0 Å². The largest absolute Gasteiger partial charge is 0.446 e. The van der Waals surface area contributed by atoms with E-state index in [1.165, 1.54) is 16.2 Å². The van der Waals surface area contributed by atoms with Crippen LogP contribution in [0.1, 0.15) is 64.1 Å². The number of aryl methyl sites for hydroxylation is 1. The van der Waals surface area contributed by atoms with Gasteiger partial charge in [-0.05, 0) is 63.8 Å². The van der Waals surface area contributed by atoms with Crippen molar-refractivity contribution < 1.29 is 14.7 Å². The first kappa shape index (κ1) is 20.7. The molecule has 1 aliphatic heterocycles. The van der Waals surface area contributed by atoms with Crippen molar-refractivity contribution in [3.05, 3.63) is 29.3 Å². The van der Waals surface area contributed by atoms with Crippen molar-refractivity contribution in [1.29, 1.82) is 0 Å². The highest BCUT2D eigenvalue weighted by molar-refractivity contribution is 5.85. The predicted octanol–water partition coefficient (Wildman–Crippen LogP) is 3.86. The zero-order valence-corrected chi connectivity index (χ0v) is 17.2. The Balaban J connectivity index is 1.64. The second-order valence-electron chi connectivity index (χ2n) is 9.09. The minimum absolute atomic E-state index is 0.222. The highest BCUT2D eigenvalue weighted by Crippen LogP contribution is 2.38. The maximum absolute atomic E-state index is 12.5. The molecule has 1 atom stereocenters. The molecular weight excluding hydrogens is 354 g/mol. The third kappa shape index (κ3) is 4.33. The van der Waals surface area contributed by atoms with Crippen molar-refractivity contribution in [2.75, 3.05) is 11.9 Å². The van der Waals surface area contributed by atoms with Crippen LogP contribution in [0, 0.1) is 12.3 Å².